The van der Waals surface area contributed by atoms with Gasteiger partial charge in [0, 0.05) is 18.6 Å². The number of aliphatic hydroxyl groups excluding tert-OH is 1. The van der Waals surface area contributed by atoms with Gasteiger partial charge < -0.3 is 15.0 Å². The molecule has 1 aromatic heterocycles. The summed E-state index contributed by atoms with van der Waals surface area (Å²) in [5, 5.41) is 12.0. The minimum Gasteiger partial charge on any atom is -0.396 e. The number of amides is 1. The highest BCUT2D eigenvalue weighted by Gasteiger charge is 2.23. The Kier molecular flexibility index (Phi) is 6.08. The van der Waals surface area contributed by atoms with Crippen LogP contribution in [0.5, 0.6) is 0 Å². The molecule has 0 saturated heterocycles. The van der Waals surface area contributed by atoms with E-state index in [0.29, 0.717) is 18.9 Å². The van der Waals surface area contributed by atoms with Crippen molar-refractivity contribution in [1.82, 2.24) is 14.9 Å². The number of rotatable bonds is 7. The fraction of sp³-hybridized carbons (Fsp3) is 0.600. The molecule has 1 aliphatic carbocycles. The number of aliphatic hydroxyl groups is 1. The Morgan fingerprint density at radius 2 is 2.08 bits per heavy atom. The number of fused-ring (bicyclic) bond motifs is 1. The molecule has 1 unspecified atom stereocenters. The number of aromatic nitrogens is 2. The molecule has 0 spiro atoms. The van der Waals surface area contributed by atoms with E-state index in [1.165, 1.54) is 19.3 Å². The van der Waals surface area contributed by atoms with Crippen molar-refractivity contribution in [2.75, 3.05) is 6.61 Å². The molecule has 5 nitrogen and oxygen atoms in total. The van der Waals surface area contributed by atoms with Gasteiger partial charge in [-0.05, 0) is 44.7 Å². The molecule has 1 fully saturated rings. The van der Waals surface area contributed by atoms with Crippen LogP contribution in [0.15, 0.2) is 24.3 Å². The maximum absolute atomic E-state index is 12.5. The summed E-state index contributed by atoms with van der Waals surface area (Å²) in [5.41, 5.74) is 2.02. The largest absolute Gasteiger partial charge is 0.396 e. The molecule has 0 bridgehead atoms. The number of carbonyl (C=O) groups is 1. The molecule has 1 aromatic carbocycles. The van der Waals surface area contributed by atoms with E-state index in [-0.39, 0.29) is 18.6 Å². The maximum Gasteiger partial charge on any atom is 0.240 e. The Morgan fingerprint density at radius 1 is 1.32 bits per heavy atom. The van der Waals surface area contributed by atoms with E-state index in [1.54, 1.807) is 0 Å². The molecule has 1 aliphatic rings. The van der Waals surface area contributed by atoms with Crippen molar-refractivity contribution in [3.63, 3.8) is 0 Å². The zero-order valence-electron chi connectivity index (χ0n) is 15.1. The fourth-order valence-electron chi connectivity index (χ4n) is 3.87. The molecule has 1 heterocycles. The normalized spacial score (nSPS) is 16.9. The standard InChI is InChI=1S/C20H29N3O2/c1-15(8-7-13-24)21-19(25)14-23-18-12-6-5-11-17(18)22-20(23)16-9-3-2-4-10-16/h5-6,11-12,15-16,24H,2-4,7-10,13-14H2,1H3,(H,21,25). The van der Waals surface area contributed by atoms with Crippen LogP contribution in [-0.2, 0) is 11.3 Å². The van der Waals surface area contributed by atoms with Gasteiger partial charge in [-0.2, -0.15) is 0 Å². The molecule has 2 N–H and O–H groups in total. The average Bonchev–Trinajstić information content (AvgIpc) is 2.99. The fourth-order valence-corrected chi connectivity index (χ4v) is 3.87. The predicted molar refractivity (Wildman–Crippen MR) is 99.5 cm³/mol. The van der Waals surface area contributed by atoms with Crippen LogP contribution < -0.4 is 5.32 Å². The second-order valence-corrected chi connectivity index (χ2v) is 7.21. The summed E-state index contributed by atoms with van der Waals surface area (Å²) in [6.07, 6.45) is 7.64. The Balaban J connectivity index is 1.80. The van der Waals surface area contributed by atoms with Crippen molar-refractivity contribution in [1.29, 1.82) is 0 Å². The minimum absolute atomic E-state index is 0.0191. The number of carbonyl (C=O) groups excluding carboxylic acids is 1. The van der Waals surface area contributed by atoms with Gasteiger partial charge in [-0.3, -0.25) is 4.79 Å². The van der Waals surface area contributed by atoms with Crippen molar-refractivity contribution >= 4 is 16.9 Å². The minimum atomic E-state index is 0.0191. The summed E-state index contributed by atoms with van der Waals surface area (Å²) < 4.78 is 2.11. The molecule has 25 heavy (non-hydrogen) atoms. The van der Waals surface area contributed by atoms with Crippen molar-refractivity contribution in [3.8, 4) is 0 Å². The molecule has 0 radical (unpaired) electrons. The van der Waals surface area contributed by atoms with Crippen LogP contribution in [0.2, 0.25) is 0 Å². The van der Waals surface area contributed by atoms with Gasteiger partial charge in [0.25, 0.3) is 0 Å². The molecule has 136 valence electrons. The monoisotopic (exact) mass is 343 g/mol. The predicted octanol–water partition coefficient (Wildman–Crippen LogP) is 3.36. The van der Waals surface area contributed by atoms with E-state index in [9.17, 15) is 4.79 Å². The zero-order chi connectivity index (χ0) is 17.6. The third kappa shape index (κ3) is 4.40. The lowest BCUT2D eigenvalue weighted by Gasteiger charge is -2.22. The first-order chi connectivity index (χ1) is 12.2. The van der Waals surface area contributed by atoms with Crippen molar-refractivity contribution < 1.29 is 9.90 Å². The highest BCUT2D eigenvalue weighted by atomic mass is 16.3. The number of hydrogen-bond donors (Lipinski definition) is 2. The summed E-state index contributed by atoms with van der Waals surface area (Å²) in [5.74, 6) is 1.55. The highest BCUT2D eigenvalue weighted by molar-refractivity contribution is 5.81. The van der Waals surface area contributed by atoms with E-state index >= 15 is 0 Å². The van der Waals surface area contributed by atoms with E-state index in [2.05, 4.69) is 16.0 Å². The van der Waals surface area contributed by atoms with Crippen LogP contribution >= 0.6 is 0 Å². The molecule has 0 aliphatic heterocycles. The van der Waals surface area contributed by atoms with E-state index in [4.69, 9.17) is 10.1 Å². The van der Waals surface area contributed by atoms with Gasteiger partial charge in [-0.1, -0.05) is 31.4 Å². The number of hydrogen-bond acceptors (Lipinski definition) is 3. The van der Waals surface area contributed by atoms with Crippen LogP contribution in [0.3, 0.4) is 0 Å². The van der Waals surface area contributed by atoms with Gasteiger partial charge in [0.15, 0.2) is 0 Å². The smallest absolute Gasteiger partial charge is 0.240 e. The Hall–Kier alpha value is -1.88. The molecule has 1 atom stereocenters. The van der Waals surface area contributed by atoms with Crippen LogP contribution in [0.25, 0.3) is 11.0 Å². The topological polar surface area (TPSA) is 67.2 Å². The quantitative estimate of drug-likeness (QED) is 0.810. The van der Waals surface area contributed by atoms with Crippen LogP contribution in [-0.4, -0.2) is 33.2 Å². The second kappa shape index (κ2) is 8.48. The number of nitrogens with zero attached hydrogens (tertiary/aromatic N) is 2. The van der Waals surface area contributed by atoms with Gasteiger partial charge in [-0.25, -0.2) is 4.98 Å². The number of para-hydroxylation sites is 2. The Labute approximate surface area is 149 Å². The summed E-state index contributed by atoms with van der Waals surface area (Å²) in [7, 11) is 0. The van der Waals surface area contributed by atoms with Gasteiger partial charge in [0.2, 0.25) is 5.91 Å². The lowest BCUT2D eigenvalue weighted by molar-refractivity contribution is -0.122. The lowest BCUT2D eigenvalue weighted by Crippen LogP contribution is -2.35. The first-order valence-electron chi connectivity index (χ1n) is 9.54. The SMILES string of the molecule is CC(CCCO)NC(=O)Cn1c(C2CCCCC2)nc2ccccc21. The van der Waals surface area contributed by atoms with E-state index in [0.717, 1.165) is 36.1 Å². The number of benzene rings is 1. The number of nitrogens with one attached hydrogen (secondary N) is 1. The van der Waals surface area contributed by atoms with Gasteiger partial charge in [0.1, 0.15) is 12.4 Å². The Bertz CT molecular complexity index is 704. The van der Waals surface area contributed by atoms with E-state index < -0.39 is 0 Å². The second-order valence-electron chi connectivity index (χ2n) is 7.21. The van der Waals surface area contributed by atoms with Gasteiger partial charge >= 0.3 is 0 Å². The molecular weight excluding hydrogens is 314 g/mol. The highest BCUT2D eigenvalue weighted by Crippen LogP contribution is 2.33. The first kappa shape index (κ1) is 17.9. The van der Waals surface area contributed by atoms with Crippen LogP contribution in [0.4, 0.5) is 0 Å². The maximum atomic E-state index is 12.5. The molecule has 1 saturated carbocycles. The third-order valence-electron chi connectivity index (χ3n) is 5.16. The molecule has 1 amide bonds. The van der Waals surface area contributed by atoms with E-state index in [1.807, 2.05) is 25.1 Å². The Morgan fingerprint density at radius 3 is 2.84 bits per heavy atom. The number of imidazole rings is 1. The summed E-state index contributed by atoms with van der Waals surface area (Å²) in [4.78, 5) is 17.4. The summed E-state index contributed by atoms with van der Waals surface area (Å²) >= 11 is 0. The lowest BCUT2D eigenvalue weighted by atomic mass is 9.88. The van der Waals surface area contributed by atoms with Crippen molar-refractivity contribution in [2.24, 2.45) is 0 Å². The third-order valence-corrected chi connectivity index (χ3v) is 5.16. The molecule has 3 rings (SSSR count). The summed E-state index contributed by atoms with van der Waals surface area (Å²) in [6, 6.07) is 8.17. The molecule has 5 heteroatoms. The first-order valence-corrected chi connectivity index (χ1v) is 9.54. The molecule has 2 aromatic rings. The van der Waals surface area contributed by atoms with Crippen molar-refractivity contribution in [2.45, 2.75) is 70.4 Å². The average molecular weight is 343 g/mol. The molecular formula is C20H29N3O2. The van der Waals surface area contributed by atoms with Gasteiger partial charge in [0.05, 0.1) is 11.0 Å². The van der Waals surface area contributed by atoms with Crippen LogP contribution in [0.1, 0.15) is 63.6 Å². The van der Waals surface area contributed by atoms with Gasteiger partial charge in [-0.15, -0.1) is 0 Å². The summed E-state index contributed by atoms with van der Waals surface area (Å²) in [6.45, 7) is 2.47. The van der Waals surface area contributed by atoms with Crippen LogP contribution in [0, 0.1) is 0 Å². The zero-order valence-corrected chi connectivity index (χ0v) is 15.1. The van der Waals surface area contributed by atoms with Crippen molar-refractivity contribution in [3.05, 3.63) is 30.1 Å².